The molecule has 0 spiro atoms. The molecule has 3 heterocycles. The maximum atomic E-state index is 10.9. The van der Waals surface area contributed by atoms with Crippen LogP contribution in [-0.2, 0) is 4.74 Å². The molecule has 0 aliphatic carbocycles. The normalized spacial score (nSPS) is 19.9. The average molecular weight is 263 g/mol. The monoisotopic (exact) mass is 263 g/mol. The van der Waals surface area contributed by atoms with Crippen LogP contribution < -0.4 is 0 Å². The third-order valence-electron chi connectivity index (χ3n) is 2.98. The fourth-order valence-electron chi connectivity index (χ4n) is 2.04. The van der Waals surface area contributed by atoms with E-state index in [9.17, 15) is 4.79 Å². The van der Waals surface area contributed by atoms with Gasteiger partial charge in [-0.15, -0.1) is 16.4 Å². The summed E-state index contributed by atoms with van der Waals surface area (Å²) in [5.74, 6) is 0.598. The van der Waals surface area contributed by atoms with Gasteiger partial charge in [-0.25, -0.2) is 9.67 Å². The minimum atomic E-state index is -0.0142. The van der Waals surface area contributed by atoms with Gasteiger partial charge in [0.05, 0.1) is 4.88 Å². The molecule has 1 atom stereocenters. The predicted octanol–water partition coefficient (Wildman–Crippen LogP) is 2.52. The van der Waals surface area contributed by atoms with Gasteiger partial charge in [0.1, 0.15) is 6.33 Å². The molecule has 18 heavy (non-hydrogen) atoms. The van der Waals surface area contributed by atoms with Crippen molar-refractivity contribution in [3.8, 4) is 10.7 Å². The van der Waals surface area contributed by atoms with E-state index in [4.69, 9.17) is 4.74 Å². The highest BCUT2D eigenvalue weighted by Crippen LogP contribution is 2.27. The fraction of sp³-hybridized carbons (Fsp3) is 0.417. The lowest BCUT2D eigenvalue weighted by molar-refractivity contribution is -0.0395. The maximum absolute atomic E-state index is 10.9. The van der Waals surface area contributed by atoms with E-state index in [1.165, 1.54) is 11.3 Å². The Morgan fingerprint density at radius 3 is 3.22 bits per heavy atom. The zero-order valence-corrected chi connectivity index (χ0v) is 10.6. The van der Waals surface area contributed by atoms with Crippen molar-refractivity contribution in [3.05, 3.63) is 23.3 Å². The summed E-state index contributed by atoms with van der Waals surface area (Å²) < 4.78 is 7.40. The average Bonchev–Trinajstić information content (AvgIpc) is 3.08. The molecule has 6 heteroatoms. The first-order chi connectivity index (χ1) is 8.88. The van der Waals surface area contributed by atoms with Crippen LogP contribution in [0.25, 0.3) is 10.7 Å². The molecular weight excluding hydrogens is 250 g/mol. The van der Waals surface area contributed by atoms with Crippen molar-refractivity contribution < 1.29 is 9.53 Å². The minimum absolute atomic E-state index is 0.0142. The van der Waals surface area contributed by atoms with Gasteiger partial charge in [-0.3, -0.25) is 4.79 Å². The third-order valence-corrected chi connectivity index (χ3v) is 3.91. The molecular formula is C12H13N3O2S. The summed E-state index contributed by atoms with van der Waals surface area (Å²) in [6.45, 7) is 0.776. The quantitative estimate of drug-likeness (QED) is 0.798. The van der Waals surface area contributed by atoms with Gasteiger partial charge in [-0.05, 0) is 30.7 Å². The third kappa shape index (κ3) is 2.09. The van der Waals surface area contributed by atoms with Crippen LogP contribution in [0.1, 0.15) is 35.8 Å². The lowest BCUT2D eigenvalue weighted by Crippen LogP contribution is -2.18. The van der Waals surface area contributed by atoms with Crippen LogP contribution in [-0.4, -0.2) is 27.7 Å². The number of aldehydes is 1. The smallest absolute Gasteiger partial charge is 0.192 e. The van der Waals surface area contributed by atoms with E-state index in [1.807, 2.05) is 5.38 Å². The zero-order valence-electron chi connectivity index (χ0n) is 9.78. The van der Waals surface area contributed by atoms with Crippen molar-refractivity contribution in [3.63, 3.8) is 0 Å². The second-order valence-electron chi connectivity index (χ2n) is 4.19. The van der Waals surface area contributed by atoms with Crippen molar-refractivity contribution >= 4 is 17.6 Å². The van der Waals surface area contributed by atoms with Gasteiger partial charge in [0, 0.05) is 12.2 Å². The first-order valence-electron chi connectivity index (χ1n) is 5.94. The standard InChI is InChI=1S/C12H13N3O2S/c16-7-9-4-6-18-11(9)12-13-8-15(14-12)10-3-1-2-5-17-10/h4,6-8,10H,1-3,5H2. The highest BCUT2D eigenvalue weighted by atomic mass is 32.1. The number of nitrogens with zero attached hydrogens (tertiary/aromatic N) is 3. The first kappa shape index (κ1) is 11.6. The Morgan fingerprint density at radius 2 is 2.44 bits per heavy atom. The van der Waals surface area contributed by atoms with Crippen molar-refractivity contribution in [2.24, 2.45) is 0 Å². The van der Waals surface area contributed by atoms with E-state index < -0.39 is 0 Å². The van der Waals surface area contributed by atoms with Crippen LogP contribution in [0.2, 0.25) is 0 Å². The fourth-order valence-corrected chi connectivity index (χ4v) is 2.85. The van der Waals surface area contributed by atoms with Gasteiger partial charge in [-0.2, -0.15) is 0 Å². The van der Waals surface area contributed by atoms with Gasteiger partial charge < -0.3 is 4.74 Å². The van der Waals surface area contributed by atoms with Crippen LogP contribution >= 0.6 is 11.3 Å². The van der Waals surface area contributed by atoms with Gasteiger partial charge in [0.15, 0.2) is 18.3 Å². The number of hydrogen-bond acceptors (Lipinski definition) is 5. The van der Waals surface area contributed by atoms with Crippen molar-refractivity contribution in [2.45, 2.75) is 25.5 Å². The molecule has 5 nitrogen and oxygen atoms in total. The molecule has 0 N–H and O–H groups in total. The van der Waals surface area contributed by atoms with Crippen LogP contribution in [0.15, 0.2) is 17.8 Å². The highest BCUT2D eigenvalue weighted by molar-refractivity contribution is 7.13. The number of carbonyl (C=O) groups excluding carboxylic acids is 1. The summed E-state index contributed by atoms with van der Waals surface area (Å²) in [5, 5.41) is 6.29. The van der Waals surface area contributed by atoms with Gasteiger partial charge >= 0.3 is 0 Å². The number of rotatable bonds is 3. The summed E-state index contributed by atoms with van der Waals surface area (Å²) in [7, 11) is 0. The minimum Gasteiger partial charge on any atom is -0.356 e. The number of thiophene rings is 1. The Balaban J connectivity index is 1.86. The Labute approximate surface area is 108 Å². The highest BCUT2D eigenvalue weighted by Gasteiger charge is 2.18. The summed E-state index contributed by atoms with van der Waals surface area (Å²) in [6.07, 6.45) is 5.73. The van der Waals surface area contributed by atoms with Gasteiger partial charge in [0.25, 0.3) is 0 Å². The zero-order chi connectivity index (χ0) is 12.4. The van der Waals surface area contributed by atoms with E-state index in [-0.39, 0.29) is 6.23 Å². The number of aromatic nitrogens is 3. The molecule has 0 aromatic carbocycles. The number of carbonyl (C=O) groups is 1. The van der Waals surface area contributed by atoms with Crippen LogP contribution in [0.5, 0.6) is 0 Å². The van der Waals surface area contributed by atoms with Gasteiger partial charge in [-0.1, -0.05) is 0 Å². The van der Waals surface area contributed by atoms with Crippen LogP contribution in [0.3, 0.4) is 0 Å². The molecule has 0 bridgehead atoms. The lowest BCUT2D eigenvalue weighted by Gasteiger charge is -2.21. The van der Waals surface area contributed by atoms with Crippen LogP contribution in [0.4, 0.5) is 0 Å². The summed E-state index contributed by atoms with van der Waals surface area (Å²) in [4.78, 5) is 16.0. The molecule has 94 valence electrons. The lowest BCUT2D eigenvalue weighted by atomic mass is 10.2. The predicted molar refractivity (Wildman–Crippen MR) is 67.6 cm³/mol. The Morgan fingerprint density at radius 1 is 1.50 bits per heavy atom. The Bertz CT molecular complexity index is 543. The topological polar surface area (TPSA) is 57.0 Å². The second kappa shape index (κ2) is 4.99. The SMILES string of the molecule is O=Cc1ccsc1-c1ncn(C2CCCCO2)n1. The molecule has 1 unspecified atom stereocenters. The summed E-state index contributed by atoms with van der Waals surface area (Å²) in [6, 6.07) is 1.78. The molecule has 1 aliphatic heterocycles. The van der Waals surface area contributed by atoms with E-state index in [0.717, 1.165) is 37.0 Å². The second-order valence-corrected chi connectivity index (χ2v) is 5.11. The van der Waals surface area contributed by atoms with Crippen LogP contribution in [0, 0.1) is 0 Å². The summed E-state index contributed by atoms with van der Waals surface area (Å²) in [5.41, 5.74) is 0.641. The molecule has 0 saturated carbocycles. The largest absolute Gasteiger partial charge is 0.356 e. The molecule has 2 aromatic rings. The molecule has 0 radical (unpaired) electrons. The molecule has 0 amide bonds. The molecule has 1 aliphatic rings. The Kier molecular flexibility index (Phi) is 3.21. The molecule has 1 fully saturated rings. The van der Waals surface area contributed by atoms with Gasteiger partial charge in [0.2, 0.25) is 0 Å². The van der Waals surface area contributed by atoms with E-state index in [1.54, 1.807) is 17.1 Å². The maximum Gasteiger partial charge on any atom is 0.192 e. The van der Waals surface area contributed by atoms with E-state index >= 15 is 0 Å². The number of ether oxygens (including phenoxy) is 1. The summed E-state index contributed by atoms with van der Waals surface area (Å²) >= 11 is 1.48. The Hall–Kier alpha value is -1.53. The van der Waals surface area contributed by atoms with E-state index in [2.05, 4.69) is 10.1 Å². The van der Waals surface area contributed by atoms with Crippen molar-refractivity contribution in [1.82, 2.24) is 14.8 Å². The van der Waals surface area contributed by atoms with Crippen molar-refractivity contribution in [1.29, 1.82) is 0 Å². The van der Waals surface area contributed by atoms with E-state index in [0.29, 0.717) is 11.4 Å². The molecule has 2 aromatic heterocycles. The molecule has 1 saturated heterocycles. The first-order valence-corrected chi connectivity index (χ1v) is 6.82. The van der Waals surface area contributed by atoms with Crippen molar-refractivity contribution in [2.75, 3.05) is 6.61 Å². The number of hydrogen-bond donors (Lipinski definition) is 0. The molecule has 3 rings (SSSR count).